The number of hydrogen-bond donors (Lipinski definition) is 1. The predicted molar refractivity (Wildman–Crippen MR) is 99.6 cm³/mol. The smallest absolute Gasteiger partial charge is 0.418 e. The minimum absolute atomic E-state index is 0.0873. The Morgan fingerprint density at radius 1 is 0.871 bits per heavy atom. The molecule has 0 bridgehead atoms. The molecule has 2 aromatic carbocycles. The highest BCUT2D eigenvalue weighted by Gasteiger charge is 2.37. The molecule has 0 aliphatic carbocycles. The Balaban J connectivity index is 2.07. The number of phenolic OH excluding ortho intramolecular Hbond substituents is 1. The Morgan fingerprint density at radius 2 is 1.48 bits per heavy atom. The summed E-state index contributed by atoms with van der Waals surface area (Å²) in [6.45, 7) is 0. The molecule has 0 unspecified atom stereocenters. The lowest BCUT2D eigenvalue weighted by Gasteiger charge is -2.21. The SMILES string of the molecule is O=C(C[C@@H](c1ccc(C(F)(F)F)cc1)c1ncccc1C(F)(F)F)c1ccc(O)cc1. The maximum absolute atomic E-state index is 13.5. The summed E-state index contributed by atoms with van der Waals surface area (Å²) in [5, 5.41) is 9.36. The number of halogens is 6. The van der Waals surface area contributed by atoms with E-state index in [4.69, 9.17) is 0 Å². The molecule has 0 spiro atoms. The van der Waals surface area contributed by atoms with Crippen LogP contribution in [0.15, 0.2) is 66.9 Å². The number of nitrogens with zero attached hydrogens (tertiary/aromatic N) is 1. The van der Waals surface area contributed by atoms with Crippen LogP contribution in [0.3, 0.4) is 0 Å². The topological polar surface area (TPSA) is 50.2 Å². The average molecular weight is 439 g/mol. The lowest BCUT2D eigenvalue weighted by molar-refractivity contribution is -0.139. The number of ketones is 1. The fourth-order valence-electron chi connectivity index (χ4n) is 3.16. The van der Waals surface area contributed by atoms with Crippen LogP contribution in [-0.2, 0) is 12.4 Å². The van der Waals surface area contributed by atoms with Crippen LogP contribution in [0.1, 0.15) is 45.1 Å². The molecule has 1 atom stereocenters. The molecule has 0 saturated heterocycles. The van der Waals surface area contributed by atoms with Crippen molar-refractivity contribution in [2.45, 2.75) is 24.7 Å². The van der Waals surface area contributed by atoms with E-state index >= 15 is 0 Å². The summed E-state index contributed by atoms with van der Waals surface area (Å²) >= 11 is 0. The van der Waals surface area contributed by atoms with Gasteiger partial charge in [-0.15, -0.1) is 0 Å². The molecule has 3 rings (SSSR count). The van der Waals surface area contributed by atoms with E-state index in [0.717, 1.165) is 42.6 Å². The molecule has 0 radical (unpaired) electrons. The number of aromatic hydroxyl groups is 1. The Morgan fingerprint density at radius 3 is 2.03 bits per heavy atom. The number of Topliss-reactive ketones (excluding diaryl/α,β-unsaturated/α-hetero) is 1. The van der Waals surface area contributed by atoms with Gasteiger partial charge in [0.05, 0.1) is 16.8 Å². The molecule has 0 saturated carbocycles. The summed E-state index contributed by atoms with van der Waals surface area (Å²) in [4.78, 5) is 16.5. The van der Waals surface area contributed by atoms with E-state index in [0.29, 0.717) is 0 Å². The van der Waals surface area contributed by atoms with Gasteiger partial charge in [-0.1, -0.05) is 12.1 Å². The van der Waals surface area contributed by atoms with Crippen LogP contribution in [0.25, 0.3) is 0 Å². The lowest BCUT2D eigenvalue weighted by Crippen LogP contribution is -2.17. The minimum atomic E-state index is -4.77. The molecular formula is C22H15F6NO2. The van der Waals surface area contributed by atoms with Gasteiger partial charge in [-0.2, -0.15) is 26.3 Å². The maximum Gasteiger partial charge on any atom is 0.418 e. The number of hydrogen-bond acceptors (Lipinski definition) is 3. The van der Waals surface area contributed by atoms with Gasteiger partial charge in [0.15, 0.2) is 5.78 Å². The summed E-state index contributed by atoms with van der Waals surface area (Å²) in [6, 6.07) is 10.6. The van der Waals surface area contributed by atoms with Gasteiger partial charge in [0, 0.05) is 24.1 Å². The van der Waals surface area contributed by atoms with Crippen LogP contribution in [0.5, 0.6) is 5.75 Å². The lowest BCUT2D eigenvalue weighted by atomic mass is 9.86. The van der Waals surface area contributed by atoms with E-state index in [1.54, 1.807) is 0 Å². The first kappa shape index (κ1) is 22.3. The Bertz CT molecular complexity index is 1060. The molecule has 0 aliphatic heterocycles. The molecule has 0 amide bonds. The third-order valence-corrected chi connectivity index (χ3v) is 4.69. The van der Waals surface area contributed by atoms with Crippen molar-refractivity contribution in [2.24, 2.45) is 0 Å². The molecule has 3 nitrogen and oxygen atoms in total. The number of carbonyl (C=O) groups excluding carboxylic acids is 1. The van der Waals surface area contributed by atoms with E-state index < -0.39 is 47.3 Å². The molecule has 1 N–H and O–H groups in total. The van der Waals surface area contributed by atoms with Crippen molar-refractivity contribution in [3.63, 3.8) is 0 Å². The van der Waals surface area contributed by atoms with Crippen LogP contribution in [0.2, 0.25) is 0 Å². The summed E-state index contributed by atoms with van der Waals surface area (Å²) in [6.07, 6.45) is -8.71. The van der Waals surface area contributed by atoms with Crippen LogP contribution in [0.4, 0.5) is 26.3 Å². The van der Waals surface area contributed by atoms with Crippen LogP contribution in [0, 0.1) is 0 Å². The van der Waals surface area contributed by atoms with Crippen molar-refractivity contribution in [3.05, 3.63) is 94.8 Å². The zero-order chi connectivity index (χ0) is 22.8. The van der Waals surface area contributed by atoms with Gasteiger partial charge in [-0.05, 0) is 54.1 Å². The minimum Gasteiger partial charge on any atom is -0.508 e. The molecule has 1 aromatic heterocycles. The Hall–Kier alpha value is -3.36. The van der Waals surface area contributed by atoms with E-state index in [2.05, 4.69) is 4.98 Å². The summed E-state index contributed by atoms with van der Waals surface area (Å²) in [7, 11) is 0. The van der Waals surface area contributed by atoms with Crippen LogP contribution >= 0.6 is 0 Å². The third kappa shape index (κ3) is 5.22. The van der Waals surface area contributed by atoms with Crippen LogP contribution < -0.4 is 0 Å². The molecule has 0 fully saturated rings. The number of benzene rings is 2. The van der Waals surface area contributed by atoms with E-state index in [1.165, 1.54) is 24.3 Å². The Labute approximate surface area is 173 Å². The second-order valence-corrected chi connectivity index (χ2v) is 6.78. The summed E-state index contributed by atoms with van der Waals surface area (Å²) in [5.41, 5.74) is -2.26. The first-order valence-corrected chi connectivity index (χ1v) is 8.98. The number of aromatic nitrogens is 1. The van der Waals surface area contributed by atoms with Gasteiger partial charge in [0.1, 0.15) is 5.75 Å². The highest BCUT2D eigenvalue weighted by atomic mass is 19.4. The first-order valence-electron chi connectivity index (χ1n) is 8.98. The quantitative estimate of drug-likeness (QED) is 0.379. The first-order chi connectivity index (χ1) is 14.5. The van der Waals surface area contributed by atoms with Crippen molar-refractivity contribution in [3.8, 4) is 5.75 Å². The van der Waals surface area contributed by atoms with Crippen molar-refractivity contribution in [1.29, 1.82) is 0 Å². The van der Waals surface area contributed by atoms with Gasteiger partial charge >= 0.3 is 12.4 Å². The number of carbonyl (C=O) groups is 1. The largest absolute Gasteiger partial charge is 0.508 e. The van der Waals surface area contributed by atoms with Gasteiger partial charge in [-0.25, -0.2) is 0 Å². The zero-order valence-corrected chi connectivity index (χ0v) is 15.7. The van der Waals surface area contributed by atoms with Gasteiger partial charge in [0.2, 0.25) is 0 Å². The van der Waals surface area contributed by atoms with Crippen molar-refractivity contribution < 1.29 is 36.2 Å². The highest BCUT2D eigenvalue weighted by molar-refractivity contribution is 5.97. The molecule has 3 aromatic rings. The molecule has 1 heterocycles. The van der Waals surface area contributed by atoms with Gasteiger partial charge < -0.3 is 5.11 Å². The third-order valence-electron chi connectivity index (χ3n) is 4.69. The number of pyridine rings is 1. The predicted octanol–water partition coefficient (Wildman–Crippen LogP) is 6.23. The highest BCUT2D eigenvalue weighted by Crippen LogP contribution is 2.39. The fourth-order valence-corrected chi connectivity index (χ4v) is 3.16. The number of alkyl halides is 6. The van der Waals surface area contributed by atoms with E-state index in [9.17, 15) is 36.2 Å². The van der Waals surface area contributed by atoms with Gasteiger partial charge in [-0.3, -0.25) is 9.78 Å². The van der Waals surface area contributed by atoms with Crippen molar-refractivity contribution in [1.82, 2.24) is 4.98 Å². The zero-order valence-electron chi connectivity index (χ0n) is 15.7. The fraction of sp³-hybridized carbons (Fsp3) is 0.182. The number of rotatable bonds is 5. The molecule has 9 heteroatoms. The molecule has 162 valence electrons. The van der Waals surface area contributed by atoms with E-state index in [-0.39, 0.29) is 16.9 Å². The van der Waals surface area contributed by atoms with E-state index in [1.807, 2.05) is 0 Å². The van der Waals surface area contributed by atoms with Crippen LogP contribution in [-0.4, -0.2) is 15.9 Å². The monoisotopic (exact) mass is 439 g/mol. The summed E-state index contributed by atoms with van der Waals surface area (Å²) in [5.74, 6) is -1.88. The maximum atomic E-state index is 13.5. The standard InChI is InChI=1S/C22H15F6NO2/c23-21(24,25)15-7-3-13(4-8-15)17(12-19(31)14-5-9-16(30)10-6-14)20-18(22(26,27)28)2-1-11-29-20/h1-11,17,30H,12H2/t17-/m0/s1. The van der Waals surface area contributed by atoms with Crippen molar-refractivity contribution >= 4 is 5.78 Å². The second kappa shape index (κ2) is 8.41. The Kier molecular flexibility index (Phi) is 6.06. The molecule has 0 aliphatic rings. The molecule has 31 heavy (non-hydrogen) atoms. The molecular weight excluding hydrogens is 424 g/mol. The normalized spacial score (nSPS) is 13.1. The average Bonchev–Trinajstić information content (AvgIpc) is 2.71. The number of phenols is 1. The second-order valence-electron chi connectivity index (χ2n) is 6.78. The van der Waals surface area contributed by atoms with Gasteiger partial charge in [0.25, 0.3) is 0 Å². The summed E-state index contributed by atoms with van der Waals surface area (Å²) < 4.78 is 79.3. The van der Waals surface area contributed by atoms with Crippen molar-refractivity contribution in [2.75, 3.05) is 0 Å².